The summed E-state index contributed by atoms with van der Waals surface area (Å²) in [4.78, 5) is 9.95. The van der Waals surface area contributed by atoms with Crippen LogP contribution in [0.2, 0.25) is 0 Å². The van der Waals surface area contributed by atoms with Gasteiger partial charge in [-0.05, 0) is 78.7 Å². The van der Waals surface area contributed by atoms with Gasteiger partial charge in [-0.2, -0.15) is 0 Å². The van der Waals surface area contributed by atoms with Gasteiger partial charge in [-0.3, -0.25) is 9.98 Å². The van der Waals surface area contributed by atoms with Gasteiger partial charge >= 0.3 is 0 Å². The number of pyridine rings is 1. The molecule has 1 aliphatic heterocycles. The monoisotopic (exact) mass is 636 g/mol. The highest BCUT2D eigenvalue weighted by Gasteiger charge is 2.40. The lowest BCUT2D eigenvalue weighted by Gasteiger charge is -2.13. The normalized spacial score (nSPS) is 15.5. The Morgan fingerprint density at radius 3 is 1.70 bits per heavy atom. The van der Waals surface area contributed by atoms with Crippen molar-refractivity contribution in [3.05, 3.63) is 198 Å². The third kappa shape index (κ3) is 4.80. The van der Waals surface area contributed by atoms with Gasteiger partial charge in [0.05, 0.1) is 11.4 Å². The van der Waals surface area contributed by atoms with Crippen LogP contribution in [0.25, 0.3) is 65.8 Å². The molecule has 0 amide bonds. The quantitative estimate of drug-likeness (QED) is 0.185. The van der Waals surface area contributed by atoms with Crippen molar-refractivity contribution in [3.8, 4) is 22.3 Å². The van der Waals surface area contributed by atoms with Crippen LogP contribution >= 0.6 is 0 Å². The van der Waals surface area contributed by atoms with Crippen molar-refractivity contribution in [1.82, 2.24) is 4.98 Å². The van der Waals surface area contributed by atoms with Gasteiger partial charge in [0.15, 0.2) is 0 Å². The Hall–Kier alpha value is -6.38. The summed E-state index contributed by atoms with van der Waals surface area (Å²) >= 11 is 0. The molecule has 1 fully saturated rings. The summed E-state index contributed by atoms with van der Waals surface area (Å²) < 4.78 is 0. The molecule has 0 bridgehead atoms. The molecule has 1 atom stereocenters. The van der Waals surface area contributed by atoms with Crippen molar-refractivity contribution < 1.29 is 0 Å². The minimum atomic E-state index is 0.299. The summed E-state index contributed by atoms with van der Waals surface area (Å²) in [6.45, 7) is 0. The molecule has 7 aromatic carbocycles. The fourth-order valence-electron chi connectivity index (χ4n) is 7.89. The van der Waals surface area contributed by atoms with Crippen molar-refractivity contribution in [2.75, 3.05) is 0 Å². The number of nitrogens with zero attached hydrogens (tertiary/aromatic N) is 2. The molecule has 0 saturated heterocycles. The first-order valence-corrected chi connectivity index (χ1v) is 17.3. The van der Waals surface area contributed by atoms with E-state index in [1.165, 1.54) is 77.0 Å². The number of rotatable bonds is 5. The second-order valence-electron chi connectivity index (χ2n) is 13.3. The molecule has 0 spiro atoms. The standard InChI is InChI=1S/C48H32N2/c1-3-15-36-31(10-1)12-7-19-42(36)45-29-47(50-48(46-28-44(45)46)43-20-8-13-32-11-2-4-16-37(32)43)34-23-21-33(22-24-34)38-25-26-39(35-14-9-27-49-30-35)41-18-6-5-17-40(38)41/h1-27,29-30,46H,28H2. The Bertz CT molecular complexity index is 2700. The van der Waals surface area contributed by atoms with E-state index in [0.717, 1.165) is 23.2 Å². The molecular formula is C48H32N2. The summed E-state index contributed by atoms with van der Waals surface area (Å²) in [5.41, 5.74) is 13.3. The molecule has 2 nitrogen and oxygen atoms in total. The van der Waals surface area contributed by atoms with Gasteiger partial charge in [-0.25, -0.2) is 0 Å². The summed E-state index contributed by atoms with van der Waals surface area (Å²) in [7, 11) is 0. The maximum Gasteiger partial charge on any atom is 0.0711 e. The van der Waals surface area contributed by atoms with Crippen molar-refractivity contribution in [2.45, 2.75) is 6.42 Å². The fraction of sp³-hybridized carbons (Fsp3) is 0.0417. The average Bonchev–Trinajstić information content (AvgIpc) is 4.00. The van der Waals surface area contributed by atoms with E-state index in [4.69, 9.17) is 4.99 Å². The van der Waals surface area contributed by atoms with E-state index in [-0.39, 0.29) is 0 Å². The molecule has 1 saturated carbocycles. The Balaban J connectivity index is 1.12. The van der Waals surface area contributed by atoms with Gasteiger partial charge < -0.3 is 0 Å². The molecule has 1 aromatic heterocycles. The van der Waals surface area contributed by atoms with E-state index < -0.39 is 0 Å². The van der Waals surface area contributed by atoms with Crippen molar-refractivity contribution in [2.24, 2.45) is 10.9 Å². The zero-order valence-corrected chi connectivity index (χ0v) is 27.4. The van der Waals surface area contributed by atoms with Crippen molar-refractivity contribution >= 4 is 49.3 Å². The first-order valence-electron chi connectivity index (χ1n) is 17.3. The average molecular weight is 637 g/mol. The van der Waals surface area contributed by atoms with Crippen LogP contribution in [-0.4, -0.2) is 10.7 Å². The predicted octanol–water partition coefficient (Wildman–Crippen LogP) is 12.2. The maximum atomic E-state index is 5.57. The molecule has 2 heterocycles. The van der Waals surface area contributed by atoms with E-state index in [1.807, 2.05) is 18.5 Å². The zero-order valence-electron chi connectivity index (χ0n) is 27.4. The smallest absolute Gasteiger partial charge is 0.0711 e. The van der Waals surface area contributed by atoms with E-state index >= 15 is 0 Å². The van der Waals surface area contributed by atoms with Crippen molar-refractivity contribution in [1.29, 1.82) is 0 Å². The second-order valence-corrected chi connectivity index (χ2v) is 13.3. The Morgan fingerprint density at radius 2 is 1.02 bits per heavy atom. The van der Waals surface area contributed by atoms with E-state index in [2.05, 4.69) is 163 Å². The van der Waals surface area contributed by atoms with E-state index in [9.17, 15) is 0 Å². The van der Waals surface area contributed by atoms with Crippen molar-refractivity contribution in [3.63, 3.8) is 0 Å². The molecule has 2 aliphatic rings. The highest BCUT2D eigenvalue weighted by molar-refractivity contribution is 6.19. The van der Waals surface area contributed by atoms with Gasteiger partial charge in [-0.15, -0.1) is 0 Å². The number of fused-ring (bicyclic) bond motifs is 4. The molecule has 50 heavy (non-hydrogen) atoms. The minimum absolute atomic E-state index is 0.299. The number of aliphatic imine (C=N–C) groups is 1. The van der Waals surface area contributed by atoms with Crippen LogP contribution in [0.4, 0.5) is 0 Å². The molecule has 1 aliphatic carbocycles. The highest BCUT2D eigenvalue weighted by atomic mass is 14.8. The Morgan fingerprint density at radius 1 is 0.440 bits per heavy atom. The lowest BCUT2D eigenvalue weighted by molar-refractivity contribution is 1.22. The number of hydrogen-bond donors (Lipinski definition) is 0. The molecule has 0 N–H and O–H groups in total. The lowest BCUT2D eigenvalue weighted by Crippen LogP contribution is -2.05. The molecule has 0 radical (unpaired) electrons. The SMILES string of the molecule is C1=C(c2ccc(-c3ccc(-c4cccnc4)c4ccccc34)cc2)N=C(c2cccc3ccccc23)C2CC2=C1c1cccc2ccccc12. The number of hydrogen-bond acceptors (Lipinski definition) is 2. The van der Waals surface area contributed by atoms with Crippen LogP contribution in [-0.2, 0) is 0 Å². The fourth-order valence-corrected chi connectivity index (χ4v) is 7.89. The molecule has 2 heteroatoms. The summed E-state index contributed by atoms with van der Waals surface area (Å²) in [5, 5.41) is 7.50. The Labute approximate surface area is 291 Å². The molecule has 1 unspecified atom stereocenters. The van der Waals surface area contributed by atoms with E-state index in [1.54, 1.807) is 0 Å². The number of benzene rings is 7. The van der Waals surface area contributed by atoms with E-state index in [0.29, 0.717) is 5.92 Å². The van der Waals surface area contributed by atoms with Gasteiger partial charge in [-0.1, -0.05) is 157 Å². The topological polar surface area (TPSA) is 25.2 Å². The zero-order chi connectivity index (χ0) is 33.0. The molecule has 8 aromatic rings. The first kappa shape index (κ1) is 28.6. The molecule has 234 valence electrons. The van der Waals surface area contributed by atoms with Crippen LogP contribution in [0.3, 0.4) is 0 Å². The largest absolute Gasteiger partial charge is 0.264 e. The molecular weight excluding hydrogens is 605 g/mol. The van der Waals surface area contributed by atoms with Gasteiger partial charge in [0.1, 0.15) is 0 Å². The third-order valence-corrected chi connectivity index (χ3v) is 10.4. The molecule has 10 rings (SSSR count). The highest BCUT2D eigenvalue weighted by Crippen LogP contribution is 2.51. The van der Waals surface area contributed by atoms with Crippen LogP contribution in [0.5, 0.6) is 0 Å². The lowest BCUT2D eigenvalue weighted by atomic mass is 9.92. The number of allylic oxidation sites excluding steroid dienone is 3. The van der Waals surface area contributed by atoms with Crippen LogP contribution in [0.15, 0.2) is 187 Å². The Kier molecular flexibility index (Phi) is 6.67. The minimum Gasteiger partial charge on any atom is -0.264 e. The van der Waals surface area contributed by atoms with Gasteiger partial charge in [0.2, 0.25) is 0 Å². The second kappa shape index (κ2) is 11.6. The van der Waals surface area contributed by atoms with Crippen LogP contribution in [0.1, 0.15) is 23.1 Å². The van der Waals surface area contributed by atoms with Crippen LogP contribution in [0, 0.1) is 5.92 Å². The predicted molar refractivity (Wildman–Crippen MR) is 210 cm³/mol. The van der Waals surface area contributed by atoms with Gasteiger partial charge in [0, 0.05) is 35.0 Å². The summed E-state index contributed by atoms with van der Waals surface area (Å²) in [5.74, 6) is 0.299. The van der Waals surface area contributed by atoms with Crippen LogP contribution < -0.4 is 0 Å². The first-order chi connectivity index (χ1) is 24.8. The summed E-state index contributed by atoms with van der Waals surface area (Å²) in [6.07, 6.45) is 7.15. The maximum absolute atomic E-state index is 5.57. The van der Waals surface area contributed by atoms with Gasteiger partial charge in [0.25, 0.3) is 0 Å². The number of aromatic nitrogens is 1. The summed E-state index contributed by atoms with van der Waals surface area (Å²) in [6, 6.07) is 57.0. The third-order valence-electron chi connectivity index (χ3n) is 10.4.